The Bertz CT molecular complexity index is 624. The molecule has 0 aliphatic rings. The van der Waals surface area contributed by atoms with Crippen molar-refractivity contribution in [1.29, 1.82) is 0 Å². The molecule has 0 amide bonds. The van der Waals surface area contributed by atoms with E-state index in [0.29, 0.717) is 17.6 Å². The number of rotatable bonds is 2. The molecule has 0 bridgehead atoms. The minimum Gasteiger partial charge on any atom is -0.295 e. The van der Waals surface area contributed by atoms with Crippen LogP contribution in [0.5, 0.6) is 0 Å². The Morgan fingerprint density at radius 1 is 1.38 bits per heavy atom. The molecule has 16 heavy (non-hydrogen) atoms. The molecule has 0 aliphatic heterocycles. The number of non-ortho nitro benzene ring substituents is 1. The monoisotopic (exact) mass is 221 g/mol. The number of benzene rings is 1. The Morgan fingerprint density at radius 3 is 2.62 bits per heavy atom. The first-order chi connectivity index (χ1) is 7.56. The van der Waals surface area contributed by atoms with Crippen molar-refractivity contribution in [1.82, 2.24) is 9.13 Å². The zero-order valence-electron chi connectivity index (χ0n) is 9.01. The standard InChI is InChI=1S/C10H11N3O3/c1-3-12-9-6-7(13(15)16)4-5-8(9)11(2)10(12)14/h4-6H,3H2,1-2H3. The average Bonchev–Trinajstić information content (AvgIpc) is 2.51. The molecule has 0 unspecified atom stereocenters. The van der Waals surface area contributed by atoms with Crippen LogP contribution in [0.4, 0.5) is 5.69 Å². The Balaban J connectivity index is 2.87. The molecular weight excluding hydrogens is 210 g/mol. The van der Waals surface area contributed by atoms with Gasteiger partial charge >= 0.3 is 5.69 Å². The summed E-state index contributed by atoms with van der Waals surface area (Å²) in [6.07, 6.45) is 0. The van der Waals surface area contributed by atoms with Crippen molar-refractivity contribution in [2.24, 2.45) is 7.05 Å². The number of hydrogen-bond donors (Lipinski definition) is 0. The Hall–Kier alpha value is -2.11. The van der Waals surface area contributed by atoms with Crippen molar-refractivity contribution in [2.45, 2.75) is 13.5 Å². The third-order valence-corrected chi connectivity index (χ3v) is 2.66. The molecule has 0 spiro atoms. The first-order valence-corrected chi connectivity index (χ1v) is 4.90. The van der Waals surface area contributed by atoms with Crippen LogP contribution in [-0.2, 0) is 13.6 Å². The third kappa shape index (κ3) is 1.30. The summed E-state index contributed by atoms with van der Waals surface area (Å²) >= 11 is 0. The molecule has 6 heteroatoms. The summed E-state index contributed by atoms with van der Waals surface area (Å²) in [6.45, 7) is 2.33. The number of aryl methyl sites for hydroxylation is 2. The van der Waals surface area contributed by atoms with E-state index in [1.165, 1.54) is 21.3 Å². The summed E-state index contributed by atoms with van der Waals surface area (Å²) in [6, 6.07) is 4.43. The maximum atomic E-state index is 11.8. The Kier molecular flexibility index (Phi) is 2.26. The van der Waals surface area contributed by atoms with Gasteiger partial charge in [-0.15, -0.1) is 0 Å². The molecule has 0 N–H and O–H groups in total. The fraction of sp³-hybridized carbons (Fsp3) is 0.300. The van der Waals surface area contributed by atoms with Gasteiger partial charge in [-0.25, -0.2) is 4.79 Å². The summed E-state index contributed by atoms with van der Waals surface area (Å²) < 4.78 is 3.00. The normalized spacial score (nSPS) is 10.9. The molecule has 0 fully saturated rings. The van der Waals surface area contributed by atoms with E-state index in [1.807, 2.05) is 6.92 Å². The van der Waals surface area contributed by atoms with Gasteiger partial charge in [-0.05, 0) is 13.0 Å². The number of fused-ring (bicyclic) bond motifs is 1. The Labute approximate surface area is 90.9 Å². The van der Waals surface area contributed by atoms with Crippen molar-refractivity contribution in [3.05, 3.63) is 38.8 Å². The first-order valence-electron chi connectivity index (χ1n) is 4.90. The number of nitro benzene ring substituents is 1. The predicted octanol–water partition coefficient (Wildman–Crippen LogP) is 1.27. The number of nitro groups is 1. The SMILES string of the molecule is CCn1c(=O)n(C)c2ccc([N+](=O)[O-])cc21. The van der Waals surface area contributed by atoms with Crippen LogP contribution in [0.2, 0.25) is 0 Å². The van der Waals surface area contributed by atoms with Gasteiger partial charge in [-0.2, -0.15) is 0 Å². The van der Waals surface area contributed by atoms with E-state index in [0.717, 1.165) is 0 Å². The van der Waals surface area contributed by atoms with Crippen molar-refractivity contribution < 1.29 is 4.92 Å². The van der Waals surface area contributed by atoms with E-state index in [9.17, 15) is 14.9 Å². The van der Waals surface area contributed by atoms with Crippen LogP contribution < -0.4 is 5.69 Å². The molecule has 6 nitrogen and oxygen atoms in total. The lowest BCUT2D eigenvalue weighted by Gasteiger charge is -1.97. The van der Waals surface area contributed by atoms with E-state index in [1.54, 1.807) is 13.1 Å². The van der Waals surface area contributed by atoms with Crippen LogP contribution in [-0.4, -0.2) is 14.1 Å². The number of aromatic nitrogens is 2. The molecule has 2 aromatic rings. The smallest absolute Gasteiger partial charge is 0.295 e. The van der Waals surface area contributed by atoms with Gasteiger partial charge in [0.2, 0.25) is 0 Å². The predicted molar refractivity (Wildman–Crippen MR) is 59.5 cm³/mol. The summed E-state index contributed by atoms with van der Waals surface area (Å²) in [5, 5.41) is 10.6. The lowest BCUT2D eigenvalue weighted by Crippen LogP contribution is -2.21. The van der Waals surface area contributed by atoms with E-state index < -0.39 is 4.92 Å². The van der Waals surface area contributed by atoms with E-state index in [2.05, 4.69) is 0 Å². The van der Waals surface area contributed by atoms with Gasteiger partial charge in [-0.3, -0.25) is 19.2 Å². The second-order valence-corrected chi connectivity index (χ2v) is 3.52. The van der Waals surface area contributed by atoms with Crippen LogP contribution in [0.3, 0.4) is 0 Å². The molecule has 2 rings (SSSR count). The molecule has 1 aromatic heterocycles. The third-order valence-electron chi connectivity index (χ3n) is 2.66. The van der Waals surface area contributed by atoms with Crippen molar-refractivity contribution >= 4 is 16.7 Å². The molecule has 0 atom stereocenters. The van der Waals surface area contributed by atoms with E-state index in [-0.39, 0.29) is 11.4 Å². The topological polar surface area (TPSA) is 70.1 Å². The maximum Gasteiger partial charge on any atom is 0.328 e. The van der Waals surface area contributed by atoms with Gasteiger partial charge in [0.1, 0.15) is 0 Å². The van der Waals surface area contributed by atoms with Gasteiger partial charge < -0.3 is 0 Å². The summed E-state index contributed by atoms with van der Waals surface area (Å²) in [5.41, 5.74) is 1.15. The fourth-order valence-corrected chi connectivity index (χ4v) is 1.82. The van der Waals surface area contributed by atoms with Crippen molar-refractivity contribution in [3.63, 3.8) is 0 Å². The van der Waals surface area contributed by atoms with Crippen molar-refractivity contribution in [2.75, 3.05) is 0 Å². The van der Waals surface area contributed by atoms with Crippen LogP contribution in [0, 0.1) is 10.1 Å². The second kappa shape index (κ2) is 3.48. The van der Waals surface area contributed by atoms with Gasteiger partial charge in [0.05, 0.1) is 16.0 Å². The number of hydrogen-bond acceptors (Lipinski definition) is 3. The Morgan fingerprint density at radius 2 is 2.06 bits per heavy atom. The largest absolute Gasteiger partial charge is 0.328 e. The molecule has 1 heterocycles. The van der Waals surface area contributed by atoms with Gasteiger partial charge in [0.25, 0.3) is 5.69 Å². The van der Waals surface area contributed by atoms with Crippen LogP contribution in [0.15, 0.2) is 23.0 Å². The van der Waals surface area contributed by atoms with Gasteiger partial charge in [0, 0.05) is 25.7 Å². The molecular formula is C10H11N3O3. The average molecular weight is 221 g/mol. The quantitative estimate of drug-likeness (QED) is 0.566. The zero-order chi connectivity index (χ0) is 11.9. The molecule has 0 aliphatic carbocycles. The lowest BCUT2D eigenvalue weighted by atomic mass is 10.3. The number of nitrogens with zero attached hydrogens (tertiary/aromatic N) is 3. The van der Waals surface area contributed by atoms with Gasteiger partial charge in [0.15, 0.2) is 0 Å². The van der Waals surface area contributed by atoms with Crippen LogP contribution in [0.1, 0.15) is 6.92 Å². The highest BCUT2D eigenvalue weighted by Gasteiger charge is 2.13. The van der Waals surface area contributed by atoms with Crippen LogP contribution in [0.25, 0.3) is 11.0 Å². The fourth-order valence-electron chi connectivity index (χ4n) is 1.82. The molecule has 84 valence electrons. The minimum atomic E-state index is -0.461. The highest BCUT2D eigenvalue weighted by atomic mass is 16.6. The first kappa shape index (κ1) is 10.4. The summed E-state index contributed by atoms with van der Waals surface area (Å²) in [5.74, 6) is 0. The van der Waals surface area contributed by atoms with Crippen molar-refractivity contribution in [3.8, 4) is 0 Å². The summed E-state index contributed by atoms with van der Waals surface area (Å²) in [7, 11) is 1.66. The molecule has 0 saturated heterocycles. The molecule has 0 radical (unpaired) electrons. The molecule has 1 aromatic carbocycles. The second-order valence-electron chi connectivity index (χ2n) is 3.52. The minimum absolute atomic E-state index is 0.000278. The summed E-state index contributed by atoms with van der Waals surface area (Å²) in [4.78, 5) is 21.9. The van der Waals surface area contributed by atoms with E-state index >= 15 is 0 Å². The molecule has 0 saturated carbocycles. The maximum absolute atomic E-state index is 11.8. The van der Waals surface area contributed by atoms with Crippen LogP contribution >= 0.6 is 0 Å². The lowest BCUT2D eigenvalue weighted by molar-refractivity contribution is -0.384. The highest BCUT2D eigenvalue weighted by Crippen LogP contribution is 2.19. The van der Waals surface area contributed by atoms with Gasteiger partial charge in [-0.1, -0.05) is 0 Å². The van der Waals surface area contributed by atoms with E-state index in [4.69, 9.17) is 0 Å². The highest BCUT2D eigenvalue weighted by molar-refractivity contribution is 5.78. The number of imidazole rings is 1. The zero-order valence-corrected chi connectivity index (χ0v) is 9.01.